The number of hydrogen-bond donors (Lipinski definition) is 2. The predicted octanol–water partition coefficient (Wildman–Crippen LogP) is 0.973. The monoisotopic (exact) mass is 435 g/mol. The first-order valence-electron chi connectivity index (χ1n) is 7.58. The topological polar surface area (TPSA) is 137 Å². The molecule has 2 N–H and O–H groups in total. The van der Waals surface area contributed by atoms with E-state index in [0.717, 1.165) is 4.31 Å². The molecule has 146 valence electrons. The minimum absolute atomic E-state index is 0.00966. The van der Waals surface area contributed by atoms with Gasteiger partial charge in [0.15, 0.2) is 0 Å². The van der Waals surface area contributed by atoms with E-state index in [1.165, 1.54) is 24.3 Å². The van der Waals surface area contributed by atoms with Crippen LogP contribution in [-0.4, -0.2) is 61.5 Å². The van der Waals surface area contributed by atoms with Gasteiger partial charge in [-0.25, -0.2) is 13.2 Å². The van der Waals surface area contributed by atoms with Crippen molar-refractivity contribution in [3.05, 3.63) is 24.3 Å². The molecule has 0 aliphatic carbocycles. The van der Waals surface area contributed by atoms with Crippen molar-refractivity contribution in [2.24, 2.45) is 10.2 Å². The Morgan fingerprint density at radius 1 is 0.963 bits per heavy atom. The summed E-state index contributed by atoms with van der Waals surface area (Å²) in [6.45, 7) is 0.228. The van der Waals surface area contributed by atoms with Crippen LogP contribution in [0.2, 0.25) is 0 Å². The Kier molecular flexibility index (Phi) is 7.25. The van der Waals surface area contributed by atoms with E-state index in [1.54, 1.807) is 0 Å². The summed E-state index contributed by atoms with van der Waals surface area (Å²) < 4.78 is 26.3. The molecule has 0 atom stereocenters. The zero-order chi connectivity index (χ0) is 20.0. The second kappa shape index (κ2) is 9.22. The van der Waals surface area contributed by atoms with Gasteiger partial charge in [0.2, 0.25) is 16.1 Å². The highest BCUT2D eigenvalue weighted by atomic mass is 35.5. The van der Waals surface area contributed by atoms with Gasteiger partial charge in [0.05, 0.1) is 10.6 Å². The van der Waals surface area contributed by atoms with Crippen LogP contribution in [0.15, 0.2) is 39.4 Å². The average molecular weight is 436 g/mol. The minimum Gasteiger partial charge on any atom is -0.275 e. The summed E-state index contributed by atoms with van der Waals surface area (Å²) in [7, 11) is -3.77. The Hall–Kier alpha value is -2.08. The highest BCUT2D eigenvalue weighted by Crippen LogP contribution is 2.21. The lowest BCUT2D eigenvalue weighted by Gasteiger charge is -2.20. The molecule has 0 aromatic heterocycles. The van der Waals surface area contributed by atoms with Gasteiger partial charge in [0.1, 0.15) is 0 Å². The third-order valence-electron chi connectivity index (χ3n) is 3.40. The first-order valence-corrected chi connectivity index (χ1v) is 10.1. The van der Waals surface area contributed by atoms with Gasteiger partial charge in [-0.15, -0.1) is 23.2 Å². The SMILES string of the molecule is O=C1NC(=O)C(N=Nc2ccc(S(=O)(=O)N(CCCl)CCCl)cc2)C(=O)N1. The van der Waals surface area contributed by atoms with Crippen LogP contribution in [0.3, 0.4) is 0 Å². The Morgan fingerprint density at radius 2 is 1.48 bits per heavy atom. The zero-order valence-corrected chi connectivity index (χ0v) is 16.1. The number of imide groups is 2. The molecule has 27 heavy (non-hydrogen) atoms. The Balaban J connectivity index is 2.16. The Bertz CT molecular complexity index is 833. The van der Waals surface area contributed by atoms with Crippen LogP contribution in [0, 0.1) is 0 Å². The molecule has 1 aromatic carbocycles. The van der Waals surface area contributed by atoms with Crippen LogP contribution in [-0.2, 0) is 19.6 Å². The molecule has 1 aliphatic rings. The maximum absolute atomic E-state index is 12.6. The number of hydrogen-bond acceptors (Lipinski definition) is 7. The van der Waals surface area contributed by atoms with Crippen molar-refractivity contribution in [1.29, 1.82) is 0 Å². The van der Waals surface area contributed by atoms with E-state index in [0.29, 0.717) is 0 Å². The summed E-state index contributed by atoms with van der Waals surface area (Å²) in [5.41, 5.74) is 0.215. The largest absolute Gasteiger partial charge is 0.328 e. The molecule has 1 aromatic rings. The fraction of sp³-hybridized carbons (Fsp3) is 0.357. The molecule has 0 unspecified atom stereocenters. The van der Waals surface area contributed by atoms with Crippen molar-refractivity contribution in [1.82, 2.24) is 14.9 Å². The van der Waals surface area contributed by atoms with Crippen molar-refractivity contribution in [3.63, 3.8) is 0 Å². The van der Waals surface area contributed by atoms with E-state index < -0.39 is 33.9 Å². The molecule has 13 heteroatoms. The quantitative estimate of drug-likeness (QED) is 0.356. The molecule has 0 saturated carbocycles. The number of nitrogens with zero attached hydrogens (tertiary/aromatic N) is 3. The van der Waals surface area contributed by atoms with Crippen LogP contribution in [0.5, 0.6) is 0 Å². The van der Waals surface area contributed by atoms with E-state index in [1.807, 2.05) is 10.6 Å². The number of benzene rings is 1. The van der Waals surface area contributed by atoms with Crippen molar-refractivity contribution >= 4 is 56.8 Å². The molecule has 10 nitrogen and oxygen atoms in total. The van der Waals surface area contributed by atoms with E-state index in [-0.39, 0.29) is 35.4 Å². The molecule has 1 saturated heterocycles. The van der Waals surface area contributed by atoms with Crippen molar-refractivity contribution in [2.45, 2.75) is 10.9 Å². The molecule has 1 heterocycles. The van der Waals surface area contributed by atoms with Gasteiger partial charge < -0.3 is 0 Å². The van der Waals surface area contributed by atoms with Gasteiger partial charge in [-0.2, -0.15) is 14.5 Å². The van der Waals surface area contributed by atoms with Gasteiger partial charge in [-0.05, 0) is 24.3 Å². The summed E-state index contributed by atoms with van der Waals surface area (Å²) in [5, 5.41) is 11.1. The highest BCUT2D eigenvalue weighted by Gasteiger charge is 2.34. The molecule has 1 aliphatic heterocycles. The van der Waals surface area contributed by atoms with Crippen LogP contribution in [0.25, 0.3) is 0 Å². The Morgan fingerprint density at radius 3 is 1.96 bits per heavy atom. The van der Waals surface area contributed by atoms with Crippen LogP contribution < -0.4 is 10.6 Å². The molecule has 2 rings (SSSR count). The lowest BCUT2D eigenvalue weighted by atomic mass is 10.2. The minimum atomic E-state index is -3.77. The second-order valence-corrected chi connectivity index (χ2v) is 7.90. The van der Waals surface area contributed by atoms with E-state index in [2.05, 4.69) is 10.2 Å². The zero-order valence-electron chi connectivity index (χ0n) is 13.8. The van der Waals surface area contributed by atoms with E-state index >= 15 is 0 Å². The molecule has 0 bridgehead atoms. The van der Waals surface area contributed by atoms with Crippen molar-refractivity contribution < 1.29 is 22.8 Å². The number of halogens is 2. The summed E-state index contributed by atoms with van der Waals surface area (Å²) >= 11 is 11.3. The van der Waals surface area contributed by atoms with Gasteiger partial charge in [-0.3, -0.25) is 20.2 Å². The van der Waals surface area contributed by atoms with Crippen LogP contribution in [0.4, 0.5) is 10.5 Å². The molecule has 1 fully saturated rings. The third kappa shape index (κ3) is 5.22. The fourth-order valence-corrected chi connectivity index (χ4v) is 4.16. The second-order valence-electron chi connectivity index (χ2n) is 5.20. The first-order chi connectivity index (χ1) is 12.8. The maximum Gasteiger partial charge on any atom is 0.328 e. The molecule has 0 radical (unpaired) electrons. The van der Waals surface area contributed by atoms with Gasteiger partial charge in [0.25, 0.3) is 11.8 Å². The van der Waals surface area contributed by atoms with Crippen molar-refractivity contribution in [2.75, 3.05) is 24.8 Å². The molecular weight excluding hydrogens is 421 g/mol. The fourth-order valence-electron chi connectivity index (χ4n) is 2.11. The van der Waals surface area contributed by atoms with Gasteiger partial charge in [-0.1, -0.05) is 0 Å². The highest BCUT2D eigenvalue weighted by molar-refractivity contribution is 7.89. The Labute approximate surface area is 165 Å². The normalized spacial score (nSPS) is 16.0. The predicted molar refractivity (Wildman–Crippen MR) is 96.6 cm³/mol. The molecular formula is C14H15Cl2N5O5S. The number of amides is 4. The summed E-state index contributed by atoms with van der Waals surface area (Å²) in [6.07, 6.45) is 0. The lowest BCUT2D eigenvalue weighted by molar-refractivity contribution is -0.131. The number of sulfonamides is 1. The summed E-state index contributed by atoms with van der Waals surface area (Å²) in [4.78, 5) is 34.1. The third-order valence-corrected chi connectivity index (χ3v) is 5.65. The number of nitrogens with one attached hydrogen (secondary N) is 2. The average Bonchev–Trinajstić information content (AvgIpc) is 2.61. The number of azo groups is 1. The number of barbiturate groups is 1. The van der Waals surface area contributed by atoms with Gasteiger partial charge in [0, 0.05) is 24.8 Å². The first kappa shape index (κ1) is 21.2. The summed E-state index contributed by atoms with van der Waals surface area (Å²) in [6, 6.07) is 2.91. The van der Waals surface area contributed by atoms with Crippen LogP contribution in [0.1, 0.15) is 0 Å². The lowest BCUT2D eigenvalue weighted by Crippen LogP contribution is -2.57. The number of rotatable bonds is 8. The maximum atomic E-state index is 12.6. The smallest absolute Gasteiger partial charge is 0.275 e. The number of urea groups is 1. The van der Waals surface area contributed by atoms with Gasteiger partial charge >= 0.3 is 6.03 Å². The van der Waals surface area contributed by atoms with E-state index in [9.17, 15) is 22.8 Å². The molecule has 4 amide bonds. The molecule has 0 spiro atoms. The van der Waals surface area contributed by atoms with E-state index in [4.69, 9.17) is 23.2 Å². The summed E-state index contributed by atoms with van der Waals surface area (Å²) in [5.74, 6) is -1.55. The standard InChI is InChI=1S/C14H15Cl2N5O5S/c15-5-7-21(8-6-16)27(25,26)10-3-1-9(2-4-10)19-20-11-12(22)17-14(24)18-13(11)23/h1-4,11H,5-8H2,(H2,17,18,22,23,24). The van der Waals surface area contributed by atoms with Crippen LogP contribution >= 0.6 is 23.2 Å². The number of carbonyl (C=O) groups excluding carboxylic acids is 3. The number of carbonyl (C=O) groups is 3. The van der Waals surface area contributed by atoms with Crippen molar-refractivity contribution in [3.8, 4) is 0 Å². The number of alkyl halides is 2.